The molecule has 1 fully saturated rings. The highest BCUT2D eigenvalue weighted by Gasteiger charge is 2.31. The van der Waals surface area contributed by atoms with Crippen LogP contribution in [0.1, 0.15) is 18.4 Å². The zero-order chi connectivity index (χ0) is 19.2. The first-order valence-electron chi connectivity index (χ1n) is 8.96. The van der Waals surface area contributed by atoms with Crippen LogP contribution in [0.25, 0.3) is 0 Å². The third kappa shape index (κ3) is 4.58. The van der Waals surface area contributed by atoms with Crippen LogP contribution in [-0.2, 0) is 16.0 Å². The van der Waals surface area contributed by atoms with Gasteiger partial charge >= 0.3 is 0 Å². The SMILES string of the molecule is COc1ccc(CCC(=O)NC2CC(=O)N(c3ccccc3)C2)cc1OC. The van der Waals surface area contributed by atoms with Gasteiger partial charge in [-0.05, 0) is 36.2 Å². The van der Waals surface area contributed by atoms with Crippen molar-refractivity contribution in [1.29, 1.82) is 0 Å². The van der Waals surface area contributed by atoms with Crippen LogP contribution in [0.4, 0.5) is 5.69 Å². The lowest BCUT2D eigenvalue weighted by Gasteiger charge is -2.17. The molecule has 2 aromatic carbocycles. The molecule has 27 heavy (non-hydrogen) atoms. The molecule has 1 saturated heterocycles. The van der Waals surface area contributed by atoms with Gasteiger partial charge in [0, 0.05) is 25.1 Å². The topological polar surface area (TPSA) is 67.9 Å². The Morgan fingerprint density at radius 1 is 1.11 bits per heavy atom. The second kappa shape index (κ2) is 8.58. The maximum Gasteiger partial charge on any atom is 0.229 e. The van der Waals surface area contributed by atoms with Crippen LogP contribution in [-0.4, -0.2) is 38.6 Å². The van der Waals surface area contributed by atoms with Crippen LogP contribution in [0, 0.1) is 0 Å². The molecule has 6 heteroatoms. The molecule has 2 amide bonds. The number of nitrogens with zero attached hydrogens (tertiary/aromatic N) is 1. The molecule has 1 unspecified atom stereocenters. The molecule has 0 aliphatic carbocycles. The van der Waals surface area contributed by atoms with Crippen LogP contribution in [0.5, 0.6) is 11.5 Å². The van der Waals surface area contributed by atoms with Gasteiger partial charge in [0.25, 0.3) is 0 Å². The summed E-state index contributed by atoms with van der Waals surface area (Å²) >= 11 is 0. The Kier molecular flexibility index (Phi) is 5.96. The van der Waals surface area contributed by atoms with Gasteiger partial charge in [-0.25, -0.2) is 0 Å². The van der Waals surface area contributed by atoms with Gasteiger partial charge in [-0.3, -0.25) is 9.59 Å². The molecule has 1 heterocycles. The van der Waals surface area contributed by atoms with Crippen molar-refractivity contribution in [2.75, 3.05) is 25.7 Å². The predicted molar refractivity (Wildman–Crippen MR) is 103 cm³/mol. The number of hydrogen-bond acceptors (Lipinski definition) is 4. The number of amides is 2. The maximum absolute atomic E-state index is 12.3. The summed E-state index contributed by atoms with van der Waals surface area (Å²) in [5, 5.41) is 2.97. The summed E-state index contributed by atoms with van der Waals surface area (Å²) in [6.07, 6.45) is 1.28. The van der Waals surface area contributed by atoms with Crippen LogP contribution < -0.4 is 19.7 Å². The minimum absolute atomic E-state index is 0.0337. The van der Waals surface area contributed by atoms with Crippen molar-refractivity contribution >= 4 is 17.5 Å². The van der Waals surface area contributed by atoms with Gasteiger partial charge < -0.3 is 19.7 Å². The normalized spacial score (nSPS) is 16.3. The monoisotopic (exact) mass is 368 g/mol. The van der Waals surface area contributed by atoms with Gasteiger partial charge in [-0.2, -0.15) is 0 Å². The van der Waals surface area contributed by atoms with Gasteiger partial charge in [0.1, 0.15) is 0 Å². The Morgan fingerprint density at radius 3 is 2.56 bits per heavy atom. The number of para-hydroxylation sites is 1. The minimum atomic E-state index is -0.157. The van der Waals surface area contributed by atoms with E-state index in [9.17, 15) is 9.59 Å². The first-order chi connectivity index (χ1) is 13.1. The summed E-state index contributed by atoms with van der Waals surface area (Å²) in [6, 6.07) is 15.0. The second-order valence-electron chi connectivity index (χ2n) is 6.50. The molecule has 0 spiro atoms. The quantitative estimate of drug-likeness (QED) is 0.816. The van der Waals surface area contributed by atoms with Crippen LogP contribution in [0.2, 0.25) is 0 Å². The van der Waals surface area contributed by atoms with Crippen molar-refractivity contribution < 1.29 is 19.1 Å². The Labute approximate surface area is 159 Å². The molecule has 1 aliphatic rings. The number of carbonyl (C=O) groups excluding carboxylic acids is 2. The third-order valence-electron chi connectivity index (χ3n) is 4.65. The van der Waals surface area contributed by atoms with E-state index in [2.05, 4.69) is 5.32 Å². The van der Waals surface area contributed by atoms with Crippen molar-refractivity contribution in [1.82, 2.24) is 5.32 Å². The van der Waals surface area contributed by atoms with E-state index in [1.807, 2.05) is 48.5 Å². The van der Waals surface area contributed by atoms with E-state index in [0.717, 1.165) is 11.3 Å². The number of methoxy groups -OCH3 is 2. The van der Waals surface area contributed by atoms with E-state index < -0.39 is 0 Å². The minimum Gasteiger partial charge on any atom is -0.493 e. The third-order valence-corrected chi connectivity index (χ3v) is 4.65. The van der Waals surface area contributed by atoms with Crippen LogP contribution in [0.15, 0.2) is 48.5 Å². The number of hydrogen-bond donors (Lipinski definition) is 1. The summed E-state index contributed by atoms with van der Waals surface area (Å²) in [5.74, 6) is 1.29. The van der Waals surface area contributed by atoms with Crippen LogP contribution >= 0.6 is 0 Å². The standard InChI is InChI=1S/C21H24N2O4/c1-26-18-10-8-15(12-19(18)27-2)9-11-20(24)22-16-13-21(25)23(14-16)17-6-4-3-5-7-17/h3-8,10,12,16H,9,11,13-14H2,1-2H3,(H,22,24). The number of aryl methyl sites for hydroxylation is 1. The summed E-state index contributed by atoms with van der Waals surface area (Å²) in [7, 11) is 3.18. The average Bonchev–Trinajstić information content (AvgIpc) is 3.06. The largest absolute Gasteiger partial charge is 0.493 e. The Morgan fingerprint density at radius 2 is 1.85 bits per heavy atom. The lowest BCUT2D eigenvalue weighted by Crippen LogP contribution is -2.37. The van der Waals surface area contributed by atoms with Gasteiger partial charge in [0.05, 0.1) is 20.3 Å². The van der Waals surface area contributed by atoms with E-state index in [0.29, 0.717) is 37.3 Å². The molecule has 3 rings (SSSR count). The van der Waals surface area contributed by atoms with Gasteiger partial charge in [0.2, 0.25) is 11.8 Å². The Hall–Kier alpha value is -3.02. The molecule has 142 valence electrons. The van der Waals surface area contributed by atoms with E-state index in [1.165, 1.54) is 0 Å². The molecule has 0 saturated carbocycles. The first kappa shape index (κ1) is 18.8. The zero-order valence-corrected chi connectivity index (χ0v) is 15.6. The van der Waals surface area contributed by atoms with E-state index in [4.69, 9.17) is 9.47 Å². The zero-order valence-electron chi connectivity index (χ0n) is 15.6. The lowest BCUT2D eigenvalue weighted by atomic mass is 10.1. The molecule has 0 radical (unpaired) electrons. The number of carbonyl (C=O) groups is 2. The van der Waals surface area contributed by atoms with Gasteiger partial charge in [0.15, 0.2) is 11.5 Å². The molecule has 6 nitrogen and oxygen atoms in total. The van der Waals surface area contributed by atoms with E-state index >= 15 is 0 Å². The second-order valence-corrected chi connectivity index (χ2v) is 6.50. The molecule has 1 atom stereocenters. The molecule has 1 N–H and O–H groups in total. The Balaban J connectivity index is 1.52. The molecular weight excluding hydrogens is 344 g/mol. The Bertz CT molecular complexity index is 807. The molecule has 1 aliphatic heterocycles. The van der Waals surface area contributed by atoms with Crippen molar-refractivity contribution in [2.45, 2.75) is 25.3 Å². The molecule has 0 bridgehead atoms. The summed E-state index contributed by atoms with van der Waals surface area (Å²) in [6.45, 7) is 0.505. The fraction of sp³-hybridized carbons (Fsp3) is 0.333. The van der Waals surface area contributed by atoms with Gasteiger partial charge in [-0.15, -0.1) is 0 Å². The van der Waals surface area contributed by atoms with Crippen molar-refractivity contribution in [3.63, 3.8) is 0 Å². The summed E-state index contributed by atoms with van der Waals surface area (Å²) in [4.78, 5) is 26.3. The number of anilines is 1. The number of rotatable bonds is 7. The van der Waals surface area contributed by atoms with Crippen molar-refractivity contribution in [2.24, 2.45) is 0 Å². The highest BCUT2D eigenvalue weighted by atomic mass is 16.5. The molecular formula is C21H24N2O4. The first-order valence-corrected chi connectivity index (χ1v) is 8.96. The number of nitrogens with one attached hydrogen (secondary N) is 1. The molecule has 2 aromatic rings. The summed E-state index contributed by atoms with van der Waals surface area (Å²) < 4.78 is 10.5. The summed E-state index contributed by atoms with van der Waals surface area (Å²) in [5.41, 5.74) is 1.86. The van der Waals surface area contributed by atoms with Gasteiger partial charge in [-0.1, -0.05) is 24.3 Å². The fourth-order valence-corrected chi connectivity index (χ4v) is 3.26. The maximum atomic E-state index is 12.3. The molecule has 0 aromatic heterocycles. The predicted octanol–water partition coefficient (Wildman–Crippen LogP) is 2.56. The van der Waals surface area contributed by atoms with Crippen molar-refractivity contribution in [3.8, 4) is 11.5 Å². The van der Waals surface area contributed by atoms with E-state index in [1.54, 1.807) is 19.1 Å². The van der Waals surface area contributed by atoms with Crippen LogP contribution in [0.3, 0.4) is 0 Å². The number of benzene rings is 2. The van der Waals surface area contributed by atoms with E-state index in [-0.39, 0.29) is 17.9 Å². The highest BCUT2D eigenvalue weighted by Crippen LogP contribution is 2.28. The lowest BCUT2D eigenvalue weighted by molar-refractivity contribution is -0.121. The highest BCUT2D eigenvalue weighted by molar-refractivity contribution is 5.96. The smallest absolute Gasteiger partial charge is 0.229 e. The average molecular weight is 368 g/mol. The van der Waals surface area contributed by atoms with Crippen molar-refractivity contribution in [3.05, 3.63) is 54.1 Å². The fourth-order valence-electron chi connectivity index (χ4n) is 3.26. The number of ether oxygens (including phenoxy) is 2.